The Morgan fingerprint density at radius 1 is 1.24 bits per heavy atom. The molecule has 1 saturated heterocycles. The van der Waals surface area contributed by atoms with Gasteiger partial charge in [-0.1, -0.05) is 20.8 Å². The fraction of sp³-hybridized carbons (Fsp3) is 0.808. The molecule has 0 aromatic carbocycles. The van der Waals surface area contributed by atoms with Crippen LogP contribution in [0, 0.1) is 23.2 Å². The maximum Gasteiger partial charge on any atom is 0.348 e. The first-order valence-corrected chi connectivity index (χ1v) is 13.3. The van der Waals surface area contributed by atoms with Gasteiger partial charge in [0.2, 0.25) is 6.10 Å². The van der Waals surface area contributed by atoms with Crippen molar-refractivity contribution in [3.63, 3.8) is 0 Å². The van der Waals surface area contributed by atoms with E-state index in [1.807, 2.05) is 0 Å². The summed E-state index contributed by atoms with van der Waals surface area (Å²) in [6.45, 7) is 8.15. The van der Waals surface area contributed by atoms with Gasteiger partial charge in [0.25, 0.3) is 0 Å². The normalized spacial score (nSPS) is 44.1. The number of halogens is 1. The molecule has 0 aromatic heterocycles. The number of alkyl halides is 1. The third kappa shape index (κ3) is 4.24. The summed E-state index contributed by atoms with van der Waals surface area (Å²) in [5.41, 5.74) is -3.99. The van der Waals surface area contributed by atoms with Crippen LogP contribution in [0.1, 0.15) is 53.9 Å². The maximum atomic E-state index is 13.8. The van der Waals surface area contributed by atoms with Gasteiger partial charge in [-0.2, -0.15) is 0 Å². The lowest BCUT2D eigenvalue weighted by Crippen LogP contribution is -2.77. The first-order valence-electron chi connectivity index (χ1n) is 12.7. The summed E-state index contributed by atoms with van der Waals surface area (Å²) in [5, 5.41) is 45.9. The fourth-order valence-electron chi connectivity index (χ4n) is 6.99. The van der Waals surface area contributed by atoms with Gasteiger partial charge in [0.1, 0.15) is 23.7 Å². The molecule has 37 heavy (non-hydrogen) atoms. The standard InChI is InChI=1S/C26H37ClO10/c1-11(2)20(37-18(29)9-27)23(32)36-15-8-25(33)7-14(12(15)3)19(30)22(31)24(5)16(28)6-17-26(34,10-35-17)21(24)13(25)4/h11,13,15-17,19-21,28,30,33-34H,6-10H2,1-5H3/t13-,15-,16-,17+,19+,20+,21-,24+,25+,26-/m0/s1. The van der Waals surface area contributed by atoms with Gasteiger partial charge in [-0.25, -0.2) is 4.79 Å². The van der Waals surface area contributed by atoms with Crippen molar-refractivity contribution in [1.82, 2.24) is 0 Å². The van der Waals surface area contributed by atoms with Gasteiger partial charge < -0.3 is 34.6 Å². The first-order chi connectivity index (χ1) is 17.1. The number of rotatable bonds is 5. The number of ketones is 1. The number of fused-ring (bicyclic) bond motifs is 5. The summed E-state index contributed by atoms with van der Waals surface area (Å²) in [4.78, 5) is 38.6. The van der Waals surface area contributed by atoms with E-state index < -0.39 is 88.5 Å². The molecule has 208 valence electrons. The van der Waals surface area contributed by atoms with Gasteiger partial charge in [0, 0.05) is 31.1 Å². The number of aliphatic hydroxyl groups excluding tert-OH is 2. The molecule has 0 aromatic rings. The van der Waals surface area contributed by atoms with Crippen molar-refractivity contribution >= 4 is 29.3 Å². The number of hydrogen-bond donors (Lipinski definition) is 4. The summed E-state index contributed by atoms with van der Waals surface area (Å²) >= 11 is 5.52. The Morgan fingerprint density at radius 2 is 1.89 bits per heavy atom. The smallest absolute Gasteiger partial charge is 0.348 e. The molecule has 2 bridgehead atoms. The molecule has 1 heterocycles. The molecule has 10 nitrogen and oxygen atoms in total. The van der Waals surface area contributed by atoms with Crippen LogP contribution in [0.3, 0.4) is 0 Å². The summed E-state index contributed by atoms with van der Waals surface area (Å²) in [7, 11) is 0. The highest BCUT2D eigenvalue weighted by atomic mass is 35.5. The SMILES string of the molecule is CC1=C2C[C@@](O)(C[C@@H]1OC(=O)[C@H](OC(=O)CCl)C(C)C)[C@@H](C)[C@@H]1[C@]3(O)CO[C@@H]3C[C@H](O)[C@@]1(C)C(=O)[C@@H]2O. The number of Topliss-reactive ketones (excluding diaryl/α,β-unsaturated/α-hetero) is 1. The van der Waals surface area contributed by atoms with E-state index in [2.05, 4.69) is 0 Å². The van der Waals surface area contributed by atoms with Gasteiger partial charge in [0.15, 0.2) is 5.78 Å². The van der Waals surface area contributed by atoms with E-state index in [1.54, 1.807) is 27.7 Å². The van der Waals surface area contributed by atoms with Gasteiger partial charge in [-0.15, -0.1) is 11.6 Å². The van der Waals surface area contributed by atoms with E-state index in [4.69, 9.17) is 25.8 Å². The van der Waals surface area contributed by atoms with Gasteiger partial charge in [-0.05, 0) is 30.9 Å². The van der Waals surface area contributed by atoms with E-state index >= 15 is 0 Å². The number of aliphatic hydroxyl groups is 4. The monoisotopic (exact) mass is 544 g/mol. The number of hydrogen-bond acceptors (Lipinski definition) is 10. The van der Waals surface area contributed by atoms with Gasteiger partial charge in [-0.3, -0.25) is 9.59 Å². The molecular weight excluding hydrogens is 508 g/mol. The lowest BCUT2D eigenvalue weighted by atomic mass is 9.46. The van der Waals surface area contributed by atoms with Crippen LogP contribution in [0.5, 0.6) is 0 Å². The molecule has 3 aliphatic carbocycles. The molecule has 0 amide bonds. The van der Waals surface area contributed by atoms with E-state index in [0.29, 0.717) is 5.57 Å². The summed E-state index contributed by atoms with van der Waals surface area (Å²) in [5.74, 6) is -4.82. The predicted octanol–water partition coefficient (Wildman–Crippen LogP) is 0.643. The quantitative estimate of drug-likeness (QED) is 0.220. The summed E-state index contributed by atoms with van der Waals surface area (Å²) in [6.07, 6.45) is -5.96. The lowest BCUT2D eigenvalue weighted by Gasteiger charge is -2.65. The Hall–Kier alpha value is -1.56. The second-order valence-electron chi connectivity index (χ2n) is 11.8. The average molecular weight is 545 g/mol. The zero-order chi connectivity index (χ0) is 27.7. The molecule has 3 fully saturated rings. The highest BCUT2D eigenvalue weighted by molar-refractivity contribution is 6.26. The third-order valence-electron chi connectivity index (χ3n) is 9.33. The highest BCUT2D eigenvalue weighted by Crippen LogP contribution is 2.60. The molecule has 0 spiro atoms. The van der Waals surface area contributed by atoms with Crippen LogP contribution in [0.25, 0.3) is 0 Å². The summed E-state index contributed by atoms with van der Waals surface area (Å²) in [6, 6.07) is 0. The topological polar surface area (TPSA) is 160 Å². The Kier molecular flexibility index (Phi) is 7.36. The van der Waals surface area contributed by atoms with Crippen molar-refractivity contribution in [1.29, 1.82) is 0 Å². The van der Waals surface area contributed by atoms with Crippen molar-refractivity contribution in [2.75, 3.05) is 12.5 Å². The van der Waals surface area contributed by atoms with E-state index in [0.717, 1.165) is 0 Å². The molecular formula is C26H37ClO10. The molecule has 2 saturated carbocycles. The highest BCUT2D eigenvalue weighted by Gasteiger charge is 2.71. The van der Waals surface area contributed by atoms with Crippen LogP contribution in [0.2, 0.25) is 0 Å². The number of carbonyl (C=O) groups excluding carboxylic acids is 3. The zero-order valence-electron chi connectivity index (χ0n) is 21.8. The molecule has 4 N–H and O–H groups in total. The third-order valence-corrected chi connectivity index (χ3v) is 9.55. The second kappa shape index (κ2) is 9.57. The predicted molar refractivity (Wildman–Crippen MR) is 129 cm³/mol. The molecule has 0 unspecified atom stereocenters. The Bertz CT molecular complexity index is 1010. The second-order valence-corrected chi connectivity index (χ2v) is 12.0. The number of esters is 2. The molecule has 1 aliphatic heterocycles. The largest absolute Gasteiger partial charge is 0.455 e. The Balaban J connectivity index is 1.74. The van der Waals surface area contributed by atoms with Crippen molar-refractivity contribution in [2.24, 2.45) is 23.2 Å². The van der Waals surface area contributed by atoms with Crippen LogP contribution >= 0.6 is 11.6 Å². The Morgan fingerprint density at radius 3 is 2.43 bits per heavy atom. The van der Waals surface area contributed by atoms with Crippen LogP contribution < -0.4 is 0 Å². The lowest BCUT2D eigenvalue weighted by molar-refractivity contribution is -0.331. The van der Waals surface area contributed by atoms with Crippen molar-refractivity contribution in [3.05, 3.63) is 11.1 Å². The average Bonchev–Trinajstić information content (AvgIpc) is 2.83. The first kappa shape index (κ1) is 28.4. The minimum absolute atomic E-state index is 0.0307. The van der Waals surface area contributed by atoms with Crippen LogP contribution in [-0.4, -0.2) is 92.4 Å². The molecule has 11 heteroatoms. The zero-order valence-corrected chi connectivity index (χ0v) is 22.5. The van der Waals surface area contributed by atoms with Crippen LogP contribution in [0.15, 0.2) is 11.1 Å². The Labute approximate surface area is 220 Å². The van der Waals surface area contributed by atoms with E-state index in [1.165, 1.54) is 6.92 Å². The van der Waals surface area contributed by atoms with E-state index in [-0.39, 0.29) is 31.4 Å². The van der Waals surface area contributed by atoms with E-state index in [9.17, 15) is 34.8 Å². The van der Waals surface area contributed by atoms with Crippen molar-refractivity contribution in [2.45, 2.75) is 95.6 Å². The molecule has 4 aliphatic rings. The fourth-order valence-corrected chi connectivity index (χ4v) is 7.05. The minimum atomic E-state index is -1.68. The van der Waals surface area contributed by atoms with Crippen molar-refractivity contribution in [3.8, 4) is 0 Å². The maximum absolute atomic E-state index is 13.8. The molecule has 4 rings (SSSR count). The summed E-state index contributed by atoms with van der Waals surface area (Å²) < 4.78 is 16.4. The molecule has 0 radical (unpaired) electrons. The van der Waals surface area contributed by atoms with Crippen LogP contribution in [0.4, 0.5) is 0 Å². The number of ether oxygens (including phenoxy) is 3. The van der Waals surface area contributed by atoms with Crippen LogP contribution in [-0.2, 0) is 28.6 Å². The van der Waals surface area contributed by atoms with Gasteiger partial charge >= 0.3 is 11.9 Å². The minimum Gasteiger partial charge on any atom is -0.455 e. The van der Waals surface area contributed by atoms with Crippen molar-refractivity contribution < 1.29 is 49.0 Å². The van der Waals surface area contributed by atoms with Gasteiger partial charge in [0.05, 0.1) is 29.8 Å². The number of carbonyl (C=O) groups is 3. The molecule has 10 atom stereocenters.